The first kappa shape index (κ1) is 23.3. The highest BCUT2D eigenvalue weighted by Crippen LogP contribution is 2.26. The van der Waals surface area contributed by atoms with Gasteiger partial charge in [0.15, 0.2) is 0 Å². The number of halogens is 1. The second kappa shape index (κ2) is 10.8. The van der Waals surface area contributed by atoms with Gasteiger partial charge in [-0.2, -0.15) is 0 Å². The third kappa shape index (κ3) is 5.87. The van der Waals surface area contributed by atoms with Crippen LogP contribution < -0.4 is 10.1 Å². The molecule has 0 spiro atoms. The number of carboxylic acids is 1. The third-order valence-electron chi connectivity index (χ3n) is 5.04. The summed E-state index contributed by atoms with van der Waals surface area (Å²) >= 11 is 6.13. The van der Waals surface area contributed by atoms with Crippen molar-refractivity contribution in [2.45, 2.75) is 19.1 Å². The van der Waals surface area contributed by atoms with E-state index in [1.165, 1.54) is 12.1 Å². The number of aromatic carboxylic acids is 1. The van der Waals surface area contributed by atoms with Gasteiger partial charge in [0.1, 0.15) is 18.5 Å². The summed E-state index contributed by atoms with van der Waals surface area (Å²) < 4.78 is 11.5. The van der Waals surface area contributed by atoms with Crippen LogP contribution in [0.2, 0.25) is 5.02 Å². The molecule has 1 amide bonds. The predicted octanol–water partition coefficient (Wildman–Crippen LogP) is 5.30. The zero-order valence-electron chi connectivity index (χ0n) is 17.7. The fraction of sp³-hybridized carbons (Fsp3) is 0.200. The van der Waals surface area contributed by atoms with Gasteiger partial charge in [-0.15, -0.1) is 0 Å². The van der Waals surface area contributed by atoms with Gasteiger partial charge in [0.05, 0.1) is 17.2 Å². The van der Waals surface area contributed by atoms with E-state index in [0.717, 1.165) is 11.1 Å². The first-order chi connectivity index (χ1) is 15.4. The van der Waals surface area contributed by atoms with Crippen molar-refractivity contribution < 1.29 is 24.2 Å². The summed E-state index contributed by atoms with van der Waals surface area (Å²) in [7, 11) is 1.60. The number of rotatable bonds is 9. The zero-order valence-corrected chi connectivity index (χ0v) is 18.5. The van der Waals surface area contributed by atoms with E-state index >= 15 is 0 Å². The molecule has 0 saturated carbocycles. The summed E-state index contributed by atoms with van der Waals surface area (Å²) in [6.45, 7) is 2.03. The summed E-state index contributed by atoms with van der Waals surface area (Å²) in [5.74, 6) is -0.969. The fourth-order valence-corrected chi connectivity index (χ4v) is 3.38. The maximum atomic E-state index is 13.0. The van der Waals surface area contributed by atoms with Gasteiger partial charge >= 0.3 is 5.97 Å². The number of methoxy groups -OCH3 is 1. The largest absolute Gasteiger partial charge is 0.490 e. The molecule has 3 aromatic carbocycles. The Hall–Kier alpha value is -3.35. The fourth-order valence-electron chi connectivity index (χ4n) is 3.21. The molecule has 0 fully saturated rings. The van der Waals surface area contributed by atoms with Gasteiger partial charge < -0.3 is 19.9 Å². The second-order valence-corrected chi connectivity index (χ2v) is 7.65. The number of hydrogen-bond acceptors (Lipinski definition) is 4. The number of carbonyl (C=O) groups is 2. The predicted molar refractivity (Wildman–Crippen MR) is 122 cm³/mol. The average molecular weight is 454 g/mol. The van der Waals surface area contributed by atoms with Crippen molar-refractivity contribution in [2.75, 3.05) is 13.7 Å². The molecule has 3 rings (SSSR count). The Morgan fingerprint density at radius 1 is 1.00 bits per heavy atom. The van der Waals surface area contributed by atoms with Gasteiger partial charge in [0.2, 0.25) is 0 Å². The highest BCUT2D eigenvalue weighted by molar-refractivity contribution is 6.31. The van der Waals surface area contributed by atoms with Crippen LogP contribution in [0.4, 0.5) is 0 Å². The Balaban J connectivity index is 1.73. The number of hydrogen-bond donors (Lipinski definition) is 2. The minimum atomic E-state index is -1.00. The molecular formula is C25H24ClNO5. The van der Waals surface area contributed by atoms with Crippen LogP contribution in [0.15, 0.2) is 72.8 Å². The third-order valence-corrected chi connectivity index (χ3v) is 5.27. The van der Waals surface area contributed by atoms with Crippen molar-refractivity contribution in [1.29, 1.82) is 0 Å². The molecule has 7 heteroatoms. The van der Waals surface area contributed by atoms with Gasteiger partial charge in [-0.3, -0.25) is 4.79 Å². The van der Waals surface area contributed by atoms with E-state index in [1.54, 1.807) is 37.4 Å². The first-order valence-corrected chi connectivity index (χ1v) is 10.4. The van der Waals surface area contributed by atoms with E-state index in [9.17, 15) is 9.59 Å². The van der Waals surface area contributed by atoms with E-state index < -0.39 is 5.97 Å². The Labute approximate surface area is 191 Å². The normalized spacial score (nSPS) is 12.6. The molecule has 2 atom stereocenters. The highest BCUT2D eigenvalue weighted by Gasteiger charge is 2.19. The van der Waals surface area contributed by atoms with Crippen molar-refractivity contribution in [1.82, 2.24) is 5.32 Å². The molecule has 2 N–H and O–H groups in total. The van der Waals surface area contributed by atoms with Gasteiger partial charge in [-0.05, 0) is 48.4 Å². The van der Waals surface area contributed by atoms with Crippen molar-refractivity contribution in [3.63, 3.8) is 0 Å². The topological polar surface area (TPSA) is 84.9 Å². The van der Waals surface area contributed by atoms with Crippen molar-refractivity contribution in [3.05, 3.63) is 100 Å². The molecule has 0 heterocycles. The summed E-state index contributed by atoms with van der Waals surface area (Å²) in [5, 5.41) is 12.4. The lowest BCUT2D eigenvalue weighted by Crippen LogP contribution is -2.27. The molecule has 0 bridgehead atoms. The minimum Gasteiger partial charge on any atom is -0.490 e. The molecule has 0 saturated heterocycles. The van der Waals surface area contributed by atoms with Crippen molar-refractivity contribution in [3.8, 4) is 5.75 Å². The van der Waals surface area contributed by atoms with Crippen LogP contribution in [0.5, 0.6) is 5.75 Å². The molecule has 0 aromatic heterocycles. The van der Waals surface area contributed by atoms with Crippen LogP contribution in [-0.4, -0.2) is 30.7 Å². The van der Waals surface area contributed by atoms with Crippen LogP contribution in [0.3, 0.4) is 0 Å². The van der Waals surface area contributed by atoms with Crippen molar-refractivity contribution in [2.24, 2.45) is 0 Å². The first-order valence-electron chi connectivity index (χ1n) is 10.0. The van der Waals surface area contributed by atoms with Gasteiger partial charge in [-0.1, -0.05) is 54.1 Å². The number of benzene rings is 3. The molecule has 0 aliphatic carbocycles. The quantitative estimate of drug-likeness (QED) is 0.459. The SMILES string of the molecule is COC(COc1ccc(Cl)cc1C(=O)NC(C)c1ccc(C(=O)O)cc1)c1ccccc1. The average Bonchev–Trinajstić information content (AvgIpc) is 2.81. The molecule has 0 aliphatic rings. The van der Waals surface area contributed by atoms with Crippen molar-refractivity contribution >= 4 is 23.5 Å². The molecule has 166 valence electrons. The summed E-state index contributed by atoms with van der Waals surface area (Å²) in [4.78, 5) is 24.0. The highest BCUT2D eigenvalue weighted by atomic mass is 35.5. The second-order valence-electron chi connectivity index (χ2n) is 7.21. The van der Waals surface area contributed by atoms with Crippen LogP contribution in [0.1, 0.15) is 50.9 Å². The van der Waals surface area contributed by atoms with Crippen LogP contribution in [0, 0.1) is 0 Å². The van der Waals surface area contributed by atoms with E-state index in [4.69, 9.17) is 26.2 Å². The molecule has 0 radical (unpaired) electrons. The zero-order chi connectivity index (χ0) is 23.1. The lowest BCUT2D eigenvalue weighted by molar-refractivity contribution is 0.0569. The van der Waals surface area contributed by atoms with E-state index in [2.05, 4.69) is 5.32 Å². The summed E-state index contributed by atoms with van der Waals surface area (Å²) in [6, 6.07) is 20.5. The molecule has 2 unspecified atom stereocenters. The molecule has 6 nitrogen and oxygen atoms in total. The number of nitrogens with one attached hydrogen (secondary N) is 1. The minimum absolute atomic E-state index is 0.184. The lowest BCUT2D eigenvalue weighted by Gasteiger charge is -2.19. The molecule has 32 heavy (non-hydrogen) atoms. The van der Waals surface area contributed by atoms with E-state index in [1.807, 2.05) is 37.3 Å². The van der Waals surface area contributed by atoms with Crippen LogP contribution in [0.25, 0.3) is 0 Å². The Kier molecular flexibility index (Phi) is 7.87. The van der Waals surface area contributed by atoms with Gasteiger partial charge in [0, 0.05) is 12.1 Å². The smallest absolute Gasteiger partial charge is 0.335 e. The summed E-state index contributed by atoms with van der Waals surface area (Å²) in [6.07, 6.45) is -0.297. The van der Waals surface area contributed by atoms with E-state index in [-0.39, 0.29) is 30.2 Å². The number of carbonyl (C=O) groups excluding carboxylic acids is 1. The monoisotopic (exact) mass is 453 g/mol. The van der Waals surface area contributed by atoms with Crippen LogP contribution >= 0.6 is 11.6 Å². The Morgan fingerprint density at radius 2 is 1.69 bits per heavy atom. The Bertz CT molecular complexity index is 1070. The maximum Gasteiger partial charge on any atom is 0.335 e. The Morgan fingerprint density at radius 3 is 2.31 bits per heavy atom. The van der Waals surface area contributed by atoms with Gasteiger partial charge in [0.25, 0.3) is 5.91 Å². The number of ether oxygens (including phenoxy) is 2. The van der Waals surface area contributed by atoms with E-state index in [0.29, 0.717) is 16.3 Å². The van der Waals surface area contributed by atoms with Crippen LogP contribution in [-0.2, 0) is 4.74 Å². The maximum absolute atomic E-state index is 13.0. The number of amides is 1. The standard InChI is InChI=1S/C25H24ClNO5/c1-16(17-8-10-19(11-9-17)25(29)30)27-24(28)21-14-20(26)12-13-22(21)32-15-23(31-2)18-6-4-3-5-7-18/h3-14,16,23H,15H2,1-2H3,(H,27,28)(H,29,30). The number of carboxylic acid groups (broad SMARTS) is 1. The molecule has 3 aromatic rings. The molecule has 0 aliphatic heterocycles. The van der Waals surface area contributed by atoms with Gasteiger partial charge in [-0.25, -0.2) is 4.79 Å². The lowest BCUT2D eigenvalue weighted by atomic mass is 10.1. The summed E-state index contributed by atoms with van der Waals surface area (Å²) in [5.41, 5.74) is 2.23. The molecular weight excluding hydrogens is 430 g/mol.